The van der Waals surface area contributed by atoms with Gasteiger partial charge in [0.15, 0.2) is 0 Å². The Morgan fingerprint density at radius 3 is 2.42 bits per heavy atom. The fraction of sp³-hybridized carbons (Fsp3) is 0.353. The van der Waals surface area contributed by atoms with Crippen molar-refractivity contribution in [3.05, 3.63) is 54.5 Å². The zero-order chi connectivity index (χ0) is 17.6. The van der Waals surface area contributed by atoms with E-state index in [9.17, 15) is 13.2 Å². The van der Waals surface area contributed by atoms with E-state index in [0.717, 1.165) is 0 Å². The maximum absolute atomic E-state index is 12.5. The van der Waals surface area contributed by atoms with Crippen LogP contribution in [0.3, 0.4) is 0 Å². The van der Waals surface area contributed by atoms with Gasteiger partial charge in [0.1, 0.15) is 11.8 Å². The van der Waals surface area contributed by atoms with Gasteiger partial charge in [-0.05, 0) is 36.6 Å². The smallest absolute Gasteiger partial charge is 0.241 e. The highest BCUT2D eigenvalue weighted by atomic mass is 32.2. The molecule has 0 unspecified atom stereocenters. The summed E-state index contributed by atoms with van der Waals surface area (Å²) in [6.07, 6.45) is 1.92. The molecule has 1 amide bonds. The highest BCUT2D eigenvalue weighted by molar-refractivity contribution is 7.89. The molecule has 6 nitrogen and oxygen atoms in total. The standard InChI is InChI=1S/C17H22N2O4S/c1-13(2)11-16(17(20)18-12-14-7-6-10-23-14)19-24(21,22)15-8-4-3-5-9-15/h3-10,13,16,19H,11-12H2,1-2H3,(H,18,20)/t16-/m0/s1. The monoisotopic (exact) mass is 350 g/mol. The van der Waals surface area contributed by atoms with Crippen molar-refractivity contribution in [3.8, 4) is 0 Å². The van der Waals surface area contributed by atoms with E-state index in [1.807, 2.05) is 13.8 Å². The first-order valence-electron chi connectivity index (χ1n) is 7.76. The molecule has 24 heavy (non-hydrogen) atoms. The Labute approximate surface area is 142 Å². The van der Waals surface area contributed by atoms with Gasteiger partial charge in [-0.15, -0.1) is 0 Å². The molecule has 130 valence electrons. The molecular weight excluding hydrogens is 328 g/mol. The van der Waals surface area contributed by atoms with Gasteiger partial charge in [-0.2, -0.15) is 4.72 Å². The molecule has 0 bridgehead atoms. The summed E-state index contributed by atoms with van der Waals surface area (Å²) in [5.74, 6) is 0.389. The summed E-state index contributed by atoms with van der Waals surface area (Å²) in [7, 11) is -3.76. The Bertz CT molecular complexity index is 740. The Hall–Kier alpha value is -2.12. The topological polar surface area (TPSA) is 88.4 Å². The van der Waals surface area contributed by atoms with E-state index in [0.29, 0.717) is 12.2 Å². The Morgan fingerprint density at radius 1 is 1.12 bits per heavy atom. The number of amides is 1. The Morgan fingerprint density at radius 2 is 1.83 bits per heavy atom. The third-order valence-electron chi connectivity index (χ3n) is 3.39. The second-order valence-electron chi connectivity index (χ2n) is 5.91. The maximum atomic E-state index is 12.5. The summed E-state index contributed by atoms with van der Waals surface area (Å²) >= 11 is 0. The minimum absolute atomic E-state index is 0.137. The lowest BCUT2D eigenvalue weighted by Gasteiger charge is -2.20. The molecule has 1 aromatic heterocycles. The van der Waals surface area contributed by atoms with Gasteiger partial charge >= 0.3 is 0 Å². The van der Waals surface area contributed by atoms with Crippen LogP contribution in [0.1, 0.15) is 26.0 Å². The summed E-state index contributed by atoms with van der Waals surface area (Å²) in [6, 6.07) is 10.6. The SMILES string of the molecule is CC(C)C[C@H](NS(=O)(=O)c1ccccc1)C(=O)NCc1ccco1. The molecule has 2 aromatic rings. The minimum atomic E-state index is -3.76. The molecule has 0 spiro atoms. The van der Waals surface area contributed by atoms with Crippen molar-refractivity contribution in [1.29, 1.82) is 0 Å². The van der Waals surface area contributed by atoms with Gasteiger partial charge in [-0.25, -0.2) is 8.42 Å². The molecule has 7 heteroatoms. The third-order valence-corrected chi connectivity index (χ3v) is 4.88. The molecule has 0 saturated heterocycles. The lowest BCUT2D eigenvalue weighted by Crippen LogP contribution is -2.47. The van der Waals surface area contributed by atoms with Crippen molar-refractivity contribution in [2.75, 3.05) is 0 Å². The van der Waals surface area contributed by atoms with E-state index in [4.69, 9.17) is 4.42 Å². The first-order chi connectivity index (χ1) is 11.4. The Balaban J connectivity index is 2.08. The van der Waals surface area contributed by atoms with Crippen LogP contribution in [0.2, 0.25) is 0 Å². The van der Waals surface area contributed by atoms with Crippen molar-refractivity contribution in [2.45, 2.75) is 37.8 Å². The molecule has 0 aliphatic carbocycles. The number of nitrogens with one attached hydrogen (secondary N) is 2. The Kier molecular flexibility index (Phi) is 6.16. The van der Waals surface area contributed by atoms with Gasteiger partial charge in [-0.1, -0.05) is 32.0 Å². The molecule has 1 heterocycles. The average Bonchev–Trinajstić information content (AvgIpc) is 3.05. The highest BCUT2D eigenvalue weighted by Gasteiger charge is 2.26. The molecule has 0 saturated carbocycles. The van der Waals surface area contributed by atoms with E-state index >= 15 is 0 Å². The number of sulfonamides is 1. The lowest BCUT2D eigenvalue weighted by molar-refractivity contribution is -0.123. The summed E-state index contributed by atoms with van der Waals surface area (Å²) in [5.41, 5.74) is 0. The van der Waals surface area contributed by atoms with Crippen LogP contribution in [0.5, 0.6) is 0 Å². The number of carbonyl (C=O) groups is 1. The maximum Gasteiger partial charge on any atom is 0.241 e. The molecule has 1 aromatic carbocycles. The molecule has 2 N–H and O–H groups in total. The van der Waals surface area contributed by atoms with Crippen LogP contribution in [0, 0.1) is 5.92 Å². The van der Waals surface area contributed by atoms with Crippen molar-refractivity contribution in [1.82, 2.24) is 10.0 Å². The van der Waals surface area contributed by atoms with Crippen molar-refractivity contribution >= 4 is 15.9 Å². The number of carbonyl (C=O) groups excluding carboxylic acids is 1. The number of rotatable bonds is 8. The van der Waals surface area contributed by atoms with E-state index in [-0.39, 0.29) is 23.3 Å². The number of benzene rings is 1. The number of furan rings is 1. The molecule has 2 rings (SSSR count). The van der Waals surface area contributed by atoms with Crippen LogP contribution in [-0.2, 0) is 21.4 Å². The zero-order valence-corrected chi connectivity index (χ0v) is 14.5. The van der Waals surface area contributed by atoms with E-state index in [1.165, 1.54) is 18.4 Å². The van der Waals surface area contributed by atoms with Crippen LogP contribution < -0.4 is 10.0 Å². The molecular formula is C17H22N2O4S. The van der Waals surface area contributed by atoms with Crippen molar-refractivity contribution in [2.24, 2.45) is 5.92 Å². The largest absolute Gasteiger partial charge is 0.467 e. The van der Waals surface area contributed by atoms with Gasteiger partial charge < -0.3 is 9.73 Å². The predicted octanol–water partition coefficient (Wildman–Crippen LogP) is 2.29. The minimum Gasteiger partial charge on any atom is -0.467 e. The van der Waals surface area contributed by atoms with Gasteiger partial charge in [0, 0.05) is 0 Å². The van der Waals surface area contributed by atoms with Gasteiger partial charge in [0.25, 0.3) is 0 Å². The molecule has 0 aliphatic heterocycles. The first-order valence-corrected chi connectivity index (χ1v) is 9.24. The second kappa shape index (κ2) is 8.12. The van der Waals surface area contributed by atoms with E-state index in [2.05, 4.69) is 10.0 Å². The zero-order valence-electron chi connectivity index (χ0n) is 13.7. The normalized spacial score (nSPS) is 13.0. The summed E-state index contributed by atoms with van der Waals surface area (Å²) < 4.78 is 32.6. The lowest BCUT2D eigenvalue weighted by atomic mass is 10.0. The second-order valence-corrected chi connectivity index (χ2v) is 7.63. The van der Waals surface area contributed by atoms with Gasteiger partial charge in [-0.3, -0.25) is 4.79 Å². The van der Waals surface area contributed by atoms with Crippen LogP contribution >= 0.6 is 0 Å². The third kappa shape index (κ3) is 5.21. The predicted molar refractivity (Wildman–Crippen MR) is 90.6 cm³/mol. The first kappa shape index (κ1) is 18.2. The van der Waals surface area contributed by atoms with E-state index < -0.39 is 16.1 Å². The average molecular weight is 350 g/mol. The summed E-state index contributed by atoms with van der Waals surface area (Å²) in [6.45, 7) is 4.08. The molecule has 0 fully saturated rings. The van der Waals surface area contributed by atoms with Crippen molar-refractivity contribution in [3.63, 3.8) is 0 Å². The quantitative estimate of drug-likeness (QED) is 0.764. The van der Waals surface area contributed by atoms with Crippen LogP contribution in [-0.4, -0.2) is 20.4 Å². The fourth-order valence-corrected chi connectivity index (χ4v) is 3.47. The van der Waals surface area contributed by atoms with Gasteiger partial charge in [0.05, 0.1) is 17.7 Å². The van der Waals surface area contributed by atoms with Crippen molar-refractivity contribution < 1.29 is 17.6 Å². The van der Waals surface area contributed by atoms with E-state index in [1.54, 1.807) is 30.3 Å². The molecule has 0 radical (unpaired) electrons. The molecule has 1 atom stereocenters. The van der Waals surface area contributed by atoms with Gasteiger partial charge in [0.2, 0.25) is 15.9 Å². The highest BCUT2D eigenvalue weighted by Crippen LogP contribution is 2.12. The van der Waals surface area contributed by atoms with Crippen LogP contribution in [0.25, 0.3) is 0 Å². The fourth-order valence-electron chi connectivity index (χ4n) is 2.25. The summed E-state index contributed by atoms with van der Waals surface area (Å²) in [4.78, 5) is 12.5. The summed E-state index contributed by atoms with van der Waals surface area (Å²) in [5, 5.41) is 2.70. The number of hydrogen-bond acceptors (Lipinski definition) is 4. The van der Waals surface area contributed by atoms with Crippen LogP contribution in [0.4, 0.5) is 0 Å². The number of hydrogen-bond donors (Lipinski definition) is 2. The van der Waals surface area contributed by atoms with Crippen LogP contribution in [0.15, 0.2) is 58.0 Å². The molecule has 0 aliphatic rings.